The van der Waals surface area contributed by atoms with Gasteiger partial charge in [0.05, 0.1) is 5.92 Å². The summed E-state index contributed by atoms with van der Waals surface area (Å²) in [5, 5.41) is 14.8. The molecule has 5 nitrogen and oxygen atoms in total. The molecule has 1 aliphatic rings. The van der Waals surface area contributed by atoms with E-state index in [-0.39, 0.29) is 34.9 Å². The molecular formula is C16H30N2O3. The van der Waals surface area contributed by atoms with Gasteiger partial charge in [-0.05, 0) is 30.6 Å². The Morgan fingerprint density at radius 1 is 1.10 bits per heavy atom. The van der Waals surface area contributed by atoms with E-state index >= 15 is 0 Å². The Bertz CT molecular complexity index is 390. The molecule has 2 unspecified atom stereocenters. The summed E-state index contributed by atoms with van der Waals surface area (Å²) < 4.78 is 0. The zero-order valence-electron chi connectivity index (χ0n) is 14.1. The zero-order chi connectivity index (χ0) is 16.4. The summed E-state index contributed by atoms with van der Waals surface area (Å²) in [6.45, 7) is 12.3. The third-order valence-corrected chi connectivity index (χ3v) is 5.37. The third kappa shape index (κ3) is 4.11. The number of hydrogen-bond acceptors (Lipinski definition) is 2. The first kappa shape index (κ1) is 17.8. The van der Waals surface area contributed by atoms with E-state index in [4.69, 9.17) is 5.11 Å². The molecule has 1 saturated carbocycles. The van der Waals surface area contributed by atoms with Crippen molar-refractivity contribution in [1.29, 1.82) is 0 Å². The van der Waals surface area contributed by atoms with Crippen LogP contribution in [0.5, 0.6) is 0 Å². The summed E-state index contributed by atoms with van der Waals surface area (Å²) in [5.74, 6) is -1.08. The standard InChI is InChI=1S/C16H30N2O3/c1-10(12(19)20)8-7-9-11(2)17-14(21)18-13-15(3,4)16(13,5)6/h10-11,13H,7-9H2,1-6H3,(H,19,20)(H2,17,18,21). The Morgan fingerprint density at radius 2 is 1.62 bits per heavy atom. The van der Waals surface area contributed by atoms with Crippen LogP contribution in [0.25, 0.3) is 0 Å². The minimum atomic E-state index is -0.758. The van der Waals surface area contributed by atoms with Crippen LogP contribution in [0.15, 0.2) is 0 Å². The predicted octanol–water partition coefficient (Wildman–Crippen LogP) is 3.00. The Morgan fingerprint density at radius 3 is 2.05 bits per heavy atom. The van der Waals surface area contributed by atoms with Gasteiger partial charge >= 0.3 is 12.0 Å². The fourth-order valence-electron chi connectivity index (χ4n) is 2.88. The number of hydrogen-bond donors (Lipinski definition) is 3. The molecule has 0 radical (unpaired) electrons. The summed E-state index contributed by atoms with van der Waals surface area (Å²) in [6, 6.07) is 0.123. The van der Waals surface area contributed by atoms with Crippen LogP contribution in [0.3, 0.4) is 0 Å². The quantitative estimate of drug-likeness (QED) is 0.676. The van der Waals surface area contributed by atoms with Gasteiger partial charge in [0.25, 0.3) is 0 Å². The minimum absolute atomic E-state index is 0.0518. The molecular weight excluding hydrogens is 268 g/mol. The van der Waals surface area contributed by atoms with Crippen LogP contribution >= 0.6 is 0 Å². The highest BCUT2D eigenvalue weighted by Crippen LogP contribution is 2.62. The van der Waals surface area contributed by atoms with Crippen LogP contribution in [0, 0.1) is 16.7 Å². The van der Waals surface area contributed by atoms with Crippen LogP contribution in [-0.2, 0) is 4.79 Å². The van der Waals surface area contributed by atoms with Gasteiger partial charge in [-0.3, -0.25) is 4.79 Å². The van der Waals surface area contributed by atoms with Crippen molar-refractivity contribution in [1.82, 2.24) is 10.6 Å². The average molecular weight is 298 g/mol. The molecule has 3 N–H and O–H groups in total. The Balaban J connectivity index is 2.25. The highest BCUT2D eigenvalue weighted by molar-refractivity contribution is 5.75. The molecule has 2 amide bonds. The maximum absolute atomic E-state index is 12.0. The molecule has 122 valence electrons. The van der Waals surface area contributed by atoms with E-state index < -0.39 is 5.97 Å². The number of carbonyl (C=O) groups excluding carboxylic acids is 1. The maximum atomic E-state index is 12.0. The molecule has 1 aliphatic carbocycles. The van der Waals surface area contributed by atoms with Crippen molar-refractivity contribution < 1.29 is 14.7 Å². The number of rotatable bonds is 7. The number of nitrogens with one attached hydrogen (secondary N) is 2. The van der Waals surface area contributed by atoms with E-state index in [1.807, 2.05) is 6.92 Å². The molecule has 0 heterocycles. The van der Waals surface area contributed by atoms with Gasteiger partial charge in [0, 0.05) is 12.1 Å². The monoisotopic (exact) mass is 298 g/mol. The summed E-state index contributed by atoms with van der Waals surface area (Å²) >= 11 is 0. The van der Waals surface area contributed by atoms with E-state index in [9.17, 15) is 9.59 Å². The van der Waals surface area contributed by atoms with Crippen molar-refractivity contribution in [3.8, 4) is 0 Å². The lowest BCUT2D eigenvalue weighted by molar-refractivity contribution is -0.141. The molecule has 1 rings (SSSR count). The molecule has 21 heavy (non-hydrogen) atoms. The van der Waals surface area contributed by atoms with Gasteiger partial charge in [-0.2, -0.15) is 0 Å². The molecule has 5 heteroatoms. The van der Waals surface area contributed by atoms with E-state index in [1.54, 1.807) is 6.92 Å². The summed E-state index contributed by atoms with van der Waals surface area (Å²) in [7, 11) is 0. The molecule has 2 atom stereocenters. The van der Waals surface area contributed by atoms with Crippen molar-refractivity contribution >= 4 is 12.0 Å². The van der Waals surface area contributed by atoms with Gasteiger partial charge in [0.1, 0.15) is 0 Å². The number of aliphatic carboxylic acids is 1. The smallest absolute Gasteiger partial charge is 0.315 e. The lowest BCUT2D eigenvalue weighted by atomic mass is 10.0. The SMILES string of the molecule is CC(CCCC(C)C(=O)O)NC(=O)NC1C(C)(C)C1(C)C. The first-order valence-electron chi connectivity index (χ1n) is 7.80. The fourth-order valence-corrected chi connectivity index (χ4v) is 2.88. The Kier molecular flexibility index (Phi) is 5.29. The number of carbonyl (C=O) groups is 2. The van der Waals surface area contributed by atoms with Gasteiger partial charge in [-0.25, -0.2) is 4.79 Å². The van der Waals surface area contributed by atoms with Gasteiger partial charge in [0.15, 0.2) is 0 Å². The largest absolute Gasteiger partial charge is 0.481 e. The minimum Gasteiger partial charge on any atom is -0.481 e. The molecule has 0 saturated heterocycles. The number of amides is 2. The first-order valence-corrected chi connectivity index (χ1v) is 7.80. The van der Waals surface area contributed by atoms with Crippen molar-refractivity contribution in [3.63, 3.8) is 0 Å². The molecule has 0 aliphatic heterocycles. The predicted molar refractivity (Wildman–Crippen MR) is 83.1 cm³/mol. The number of carboxylic acids is 1. The molecule has 0 aromatic rings. The highest BCUT2D eigenvalue weighted by atomic mass is 16.4. The van der Waals surface area contributed by atoms with Gasteiger partial charge in [0.2, 0.25) is 0 Å². The zero-order valence-corrected chi connectivity index (χ0v) is 14.1. The van der Waals surface area contributed by atoms with E-state index in [0.717, 1.165) is 12.8 Å². The molecule has 0 bridgehead atoms. The van der Waals surface area contributed by atoms with Crippen molar-refractivity contribution in [2.24, 2.45) is 16.7 Å². The summed E-state index contributed by atoms with van der Waals surface area (Å²) in [6.07, 6.45) is 2.24. The molecule has 1 fully saturated rings. The normalized spacial score (nSPS) is 22.2. The topological polar surface area (TPSA) is 78.4 Å². The van der Waals surface area contributed by atoms with Crippen molar-refractivity contribution in [2.75, 3.05) is 0 Å². The Labute approximate surface area is 127 Å². The van der Waals surface area contributed by atoms with Crippen LogP contribution in [0.4, 0.5) is 4.79 Å². The summed E-state index contributed by atoms with van der Waals surface area (Å²) in [4.78, 5) is 22.7. The highest BCUT2D eigenvalue weighted by Gasteiger charge is 2.65. The second kappa shape index (κ2) is 6.24. The first-order chi connectivity index (χ1) is 9.50. The van der Waals surface area contributed by atoms with E-state index in [2.05, 4.69) is 38.3 Å². The van der Waals surface area contributed by atoms with Gasteiger partial charge in [-0.1, -0.05) is 41.0 Å². The maximum Gasteiger partial charge on any atom is 0.315 e. The second-order valence-electron chi connectivity index (χ2n) is 7.57. The van der Waals surface area contributed by atoms with Crippen LogP contribution < -0.4 is 10.6 Å². The van der Waals surface area contributed by atoms with Gasteiger partial charge < -0.3 is 15.7 Å². The second-order valence-corrected chi connectivity index (χ2v) is 7.57. The van der Waals surface area contributed by atoms with Crippen LogP contribution in [0.2, 0.25) is 0 Å². The number of carboxylic acid groups (broad SMARTS) is 1. The average Bonchev–Trinajstić information content (AvgIpc) is 2.71. The lowest BCUT2D eigenvalue weighted by Crippen LogP contribution is -2.43. The molecule has 0 aromatic carbocycles. The molecule has 0 spiro atoms. The van der Waals surface area contributed by atoms with Crippen LogP contribution in [0.1, 0.15) is 60.8 Å². The van der Waals surface area contributed by atoms with Crippen molar-refractivity contribution in [3.05, 3.63) is 0 Å². The van der Waals surface area contributed by atoms with Gasteiger partial charge in [-0.15, -0.1) is 0 Å². The number of urea groups is 1. The van der Waals surface area contributed by atoms with E-state index in [1.165, 1.54) is 0 Å². The summed E-state index contributed by atoms with van der Waals surface area (Å²) in [5.41, 5.74) is 0.259. The van der Waals surface area contributed by atoms with Crippen LogP contribution in [-0.4, -0.2) is 29.2 Å². The Hall–Kier alpha value is -1.26. The molecule has 0 aromatic heterocycles. The third-order valence-electron chi connectivity index (χ3n) is 5.37. The fraction of sp³-hybridized carbons (Fsp3) is 0.875. The van der Waals surface area contributed by atoms with E-state index in [0.29, 0.717) is 6.42 Å². The lowest BCUT2D eigenvalue weighted by Gasteiger charge is -2.16. The van der Waals surface area contributed by atoms with Crippen molar-refractivity contribution in [2.45, 2.75) is 72.9 Å².